The van der Waals surface area contributed by atoms with E-state index in [1.54, 1.807) is 32.0 Å². The van der Waals surface area contributed by atoms with Crippen LogP contribution < -0.4 is 0 Å². The van der Waals surface area contributed by atoms with Crippen LogP contribution in [0, 0.1) is 10.1 Å². The molecular formula is C11H13NO4. The fourth-order valence-electron chi connectivity index (χ4n) is 1.53. The highest BCUT2D eigenvalue weighted by Gasteiger charge is 2.36. The summed E-state index contributed by atoms with van der Waals surface area (Å²) < 4.78 is 4.64. The first-order valence-electron chi connectivity index (χ1n) is 4.73. The summed E-state index contributed by atoms with van der Waals surface area (Å²) in [6.07, 6.45) is 0. The van der Waals surface area contributed by atoms with Crippen molar-refractivity contribution in [3.8, 4) is 0 Å². The van der Waals surface area contributed by atoms with Crippen LogP contribution in [0.4, 0.5) is 5.69 Å². The lowest BCUT2D eigenvalue weighted by Crippen LogP contribution is -2.30. The van der Waals surface area contributed by atoms with Crippen LogP contribution in [-0.4, -0.2) is 18.0 Å². The number of carbonyl (C=O) groups excluding carboxylic acids is 1. The molecule has 0 atom stereocenters. The van der Waals surface area contributed by atoms with Gasteiger partial charge < -0.3 is 4.74 Å². The lowest BCUT2D eigenvalue weighted by atomic mass is 9.83. The Labute approximate surface area is 93.2 Å². The SMILES string of the molecule is COC(=O)C(C)(C)c1ccccc1[N+](=O)[O-]. The van der Waals surface area contributed by atoms with Gasteiger partial charge in [0.2, 0.25) is 0 Å². The van der Waals surface area contributed by atoms with Crippen LogP contribution in [0.2, 0.25) is 0 Å². The van der Waals surface area contributed by atoms with E-state index in [-0.39, 0.29) is 5.69 Å². The molecule has 0 N–H and O–H groups in total. The van der Waals surface area contributed by atoms with Crippen molar-refractivity contribution in [1.82, 2.24) is 0 Å². The highest BCUT2D eigenvalue weighted by Crippen LogP contribution is 2.32. The van der Waals surface area contributed by atoms with Crippen molar-refractivity contribution in [2.24, 2.45) is 0 Å². The van der Waals surface area contributed by atoms with E-state index in [9.17, 15) is 14.9 Å². The Balaban J connectivity index is 3.32. The molecule has 0 aliphatic heterocycles. The van der Waals surface area contributed by atoms with Gasteiger partial charge in [0.1, 0.15) is 0 Å². The van der Waals surface area contributed by atoms with E-state index < -0.39 is 16.3 Å². The van der Waals surface area contributed by atoms with Gasteiger partial charge in [0, 0.05) is 11.6 Å². The van der Waals surface area contributed by atoms with Crippen LogP contribution in [0.5, 0.6) is 0 Å². The zero-order valence-corrected chi connectivity index (χ0v) is 9.39. The first-order valence-corrected chi connectivity index (χ1v) is 4.73. The number of hydrogen-bond acceptors (Lipinski definition) is 4. The topological polar surface area (TPSA) is 69.4 Å². The fourth-order valence-corrected chi connectivity index (χ4v) is 1.53. The van der Waals surface area contributed by atoms with Crippen LogP contribution in [0.3, 0.4) is 0 Å². The predicted molar refractivity (Wildman–Crippen MR) is 58.1 cm³/mol. The maximum Gasteiger partial charge on any atom is 0.315 e. The Kier molecular flexibility index (Phi) is 3.27. The normalized spacial score (nSPS) is 10.9. The predicted octanol–water partition coefficient (Wildman–Crippen LogP) is 2.05. The largest absolute Gasteiger partial charge is 0.468 e. The van der Waals surface area contributed by atoms with Crippen LogP contribution >= 0.6 is 0 Å². The maximum absolute atomic E-state index is 11.6. The number of carbonyl (C=O) groups is 1. The minimum absolute atomic E-state index is 0.0714. The van der Waals surface area contributed by atoms with Gasteiger partial charge >= 0.3 is 5.97 Å². The van der Waals surface area contributed by atoms with E-state index in [0.717, 1.165) is 0 Å². The van der Waals surface area contributed by atoms with Crippen LogP contribution in [0.1, 0.15) is 19.4 Å². The van der Waals surface area contributed by atoms with Crippen molar-refractivity contribution < 1.29 is 14.5 Å². The summed E-state index contributed by atoms with van der Waals surface area (Å²) in [5, 5.41) is 10.8. The number of methoxy groups -OCH3 is 1. The molecule has 0 amide bonds. The molecule has 0 bridgehead atoms. The minimum Gasteiger partial charge on any atom is -0.468 e. The lowest BCUT2D eigenvalue weighted by Gasteiger charge is -2.21. The van der Waals surface area contributed by atoms with Gasteiger partial charge in [0.05, 0.1) is 17.4 Å². The van der Waals surface area contributed by atoms with Crippen LogP contribution in [0.25, 0.3) is 0 Å². The molecule has 0 spiro atoms. The molecule has 5 nitrogen and oxygen atoms in total. The van der Waals surface area contributed by atoms with E-state index in [4.69, 9.17) is 0 Å². The number of nitro benzene ring substituents is 1. The molecule has 86 valence electrons. The van der Waals surface area contributed by atoms with E-state index in [1.165, 1.54) is 13.2 Å². The van der Waals surface area contributed by atoms with E-state index >= 15 is 0 Å². The molecule has 0 saturated heterocycles. The zero-order valence-electron chi connectivity index (χ0n) is 9.39. The van der Waals surface area contributed by atoms with Crippen molar-refractivity contribution in [2.75, 3.05) is 7.11 Å². The number of benzene rings is 1. The average molecular weight is 223 g/mol. The number of nitrogens with zero attached hydrogens (tertiary/aromatic N) is 1. The molecule has 0 radical (unpaired) electrons. The third-order valence-corrected chi connectivity index (χ3v) is 2.47. The monoisotopic (exact) mass is 223 g/mol. The Bertz CT molecular complexity index is 426. The van der Waals surface area contributed by atoms with Gasteiger partial charge in [-0.15, -0.1) is 0 Å². The average Bonchev–Trinajstić information content (AvgIpc) is 2.27. The Morgan fingerprint density at radius 3 is 2.44 bits per heavy atom. The first kappa shape index (κ1) is 12.2. The third-order valence-electron chi connectivity index (χ3n) is 2.47. The van der Waals surface area contributed by atoms with Gasteiger partial charge in [-0.1, -0.05) is 18.2 Å². The van der Waals surface area contributed by atoms with Crippen LogP contribution in [-0.2, 0) is 14.9 Å². The molecule has 0 fully saturated rings. The Morgan fingerprint density at radius 2 is 1.94 bits per heavy atom. The molecule has 0 saturated carbocycles. The zero-order chi connectivity index (χ0) is 12.3. The summed E-state index contributed by atoms with van der Waals surface area (Å²) >= 11 is 0. The molecule has 0 unspecified atom stereocenters. The van der Waals surface area contributed by atoms with E-state index in [1.807, 2.05) is 0 Å². The smallest absolute Gasteiger partial charge is 0.315 e. The Morgan fingerprint density at radius 1 is 1.38 bits per heavy atom. The third kappa shape index (κ3) is 2.03. The highest BCUT2D eigenvalue weighted by molar-refractivity contribution is 5.83. The molecule has 1 rings (SSSR count). The minimum atomic E-state index is -1.03. The van der Waals surface area contributed by atoms with Gasteiger partial charge in [-0.2, -0.15) is 0 Å². The summed E-state index contributed by atoms with van der Waals surface area (Å²) in [6, 6.07) is 6.16. The van der Waals surface area contributed by atoms with Gasteiger partial charge in [-0.3, -0.25) is 14.9 Å². The standard InChI is InChI=1S/C11H13NO4/c1-11(2,10(13)16-3)8-6-4-5-7-9(8)12(14)15/h4-7H,1-3H3. The number of nitro groups is 1. The number of rotatable bonds is 3. The number of hydrogen-bond donors (Lipinski definition) is 0. The molecule has 0 aliphatic carbocycles. The molecule has 0 aromatic heterocycles. The molecule has 5 heteroatoms. The molecule has 1 aromatic carbocycles. The van der Waals surface area contributed by atoms with E-state index in [0.29, 0.717) is 5.56 Å². The van der Waals surface area contributed by atoms with Crippen molar-refractivity contribution in [3.05, 3.63) is 39.9 Å². The number of esters is 1. The number of para-hydroxylation sites is 1. The summed E-state index contributed by atoms with van der Waals surface area (Å²) in [7, 11) is 1.26. The molecular weight excluding hydrogens is 210 g/mol. The van der Waals surface area contributed by atoms with Crippen molar-refractivity contribution in [1.29, 1.82) is 0 Å². The van der Waals surface area contributed by atoms with Crippen molar-refractivity contribution in [2.45, 2.75) is 19.3 Å². The van der Waals surface area contributed by atoms with Crippen LogP contribution in [0.15, 0.2) is 24.3 Å². The van der Waals surface area contributed by atoms with Gasteiger partial charge in [-0.05, 0) is 13.8 Å². The van der Waals surface area contributed by atoms with E-state index in [2.05, 4.69) is 4.74 Å². The molecule has 1 aromatic rings. The molecule has 0 aliphatic rings. The Hall–Kier alpha value is -1.91. The van der Waals surface area contributed by atoms with Crippen molar-refractivity contribution in [3.63, 3.8) is 0 Å². The summed E-state index contributed by atoms with van der Waals surface area (Å²) in [5.74, 6) is -0.498. The second-order valence-electron chi connectivity index (χ2n) is 3.89. The van der Waals surface area contributed by atoms with Crippen molar-refractivity contribution >= 4 is 11.7 Å². The molecule has 0 heterocycles. The highest BCUT2D eigenvalue weighted by atomic mass is 16.6. The summed E-state index contributed by atoms with van der Waals surface area (Å²) in [4.78, 5) is 21.9. The van der Waals surface area contributed by atoms with Gasteiger partial charge in [0.15, 0.2) is 0 Å². The summed E-state index contributed by atoms with van der Waals surface area (Å²) in [6.45, 7) is 3.20. The fraction of sp³-hybridized carbons (Fsp3) is 0.364. The number of ether oxygens (including phenoxy) is 1. The summed E-state index contributed by atoms with van der Waals surface area (Å²) in [5.41, 5.74) is -0.747. The molecule has 16 heavy (non-hydrogen) atoms. The van der Waals surface area contributed by atoms with Gasteiger partial charge in [-0.25, -0.2) is 0 Å². The second kappa shape index (κ2) is 4.30. The maximum atomic E-state index is 11.6. The first-order chi connectivity index (χ1) is 7.41. The lowest BCUT2D eigenvalue weighted by molar-refractivity contribution is -0.386. The second-order valence-corrected chi connectivity index (χ2v) is 3.89. The quantitative estimate of drug-likeness (QED) is 0.446. The van der Waals surface area contributed by atoms with Gasteiger partial charge in [0.25, 0.3) is 5.69 Å².